The highest BCUT2D eigenvalue weighted by Crippen LogP contribution is 2.42. The van der Waals surface area contributed by atoms with Crippen molar-refractivity contribution in [2.75, 3.05) is 0 Å². The molecule has 0 aromatic rings. The van der Waals surface area contributed by atoms with Gasteiger partial charge in [-0.3, -0.25) is 0 Å². The second-order valence-corrected chi connectivity index (χ2v) is 147. The molecule has 1 heterocycles. The highest BCUT2D eigenvalue weighted by atomic mass is 28.5. The summed E-state index contributed by atoms with van der Waals surface area (Å²) in [5.41, 5.74) is 5.08. The molecule has 1 fully saturated rings. The maximum Gasteiger partial charge on any atom is 0.469 e. The third kappa shape index (κ3) is 84.8. The van der Waals surface area contributed by atoms with Gasteiger partial charge in [0.1, 0.15) is 0 Å². The van der Waals surface area contributed by atoms with E-state index in [4.69, 9.17) is 49.4 Å². The molecule has 0 aromatic heterocycles. The summed E-state index contributed by atoms with van der Waals surface area (Å²) in [7, 11) is -32.9. The minimum absolute atomic E-state index is 0.584. The van der Waals surface area contributed by atoms with E-state index in [0.29, 0.717) is 17.8 Å². The molecule has 0 aromatic carbocycles. The van der Waals surface area contributed by atoms with Crippen LogP contribution in [0.2, 0.25) is 367 Å². The van der Waals surface area contributed by atoms with Gasteiger partial charge < -0.3 is 49.4 Å². The summed E-state index contributed by atoms with van der Waals surface area (Å²) >= 11 is 0. The first-order chi connectivity index (χ1) is 51.8. The van der Waals surface area contributed by atoms with E-state index >= 15 is 0 Å². The van der Waals surface area contributed by atoms with E-state index in [0.717, 1.165) is 48.2 Å². The molecule has 33 heteroatoms. The lowest BCUT2D eigenvalue weighted by Gasteiger charge is -2.48. The SMILES string of the molecule is CCC(C)CC[Si](C)(C)O[Si](C)(C)C.CCC(C)C[Si](C)(C)O[Si](C)(C)C.CCC(C)C[Si](C)(C)O[Si](C)(C)O[Si](C)(C)C.CCC(C)C[Si](C)(O[Si](C)(C)C)O[Si](C)(C)C.CCC(C)C[Si](C[Si](C)(C)C)(C[Si](C)(C)C)C[Si](C)(C)C.CCC(C)C[Si](O[Si](C)(C)C)(O[Si](C)(C)C)O[Si](C)(C)C.CCC(C)C[Si]1(C)O[Si](C)(C)O[Si](C)(C)O1. The van der Waals surface area contributed by atoms with Gasteiger partial charge in [-0.1, -0.05) is 230 Å². The van der Waals surface area contributed by atoms with Gasteiger partial charge in [-0.25, -0.2) is 0 Å². The van der Waals surface area contributed by atoms with Crippen molar-refractivity contribution in [2.24, 2.45) is 41.4 Å². The molecule has 0 bridgehead atoms. The molecule has 1 saturated heterocycles. The molecule has 1 aliphatic heterocycles. The Morgan fingerprint density at radius 1 is 0.244 bits per heavy atom. The molecule has 726 valence electrons. The normalized spacial score (nSPS) is 17.7. The van der Waals surface area contributed by atoms with Crippen LogP contribution in [0.1, 0.15) is 148 Å². The summed E-state index contributed by atoms with van der Waals surface area (Å²) in [5.74, 6) is 5.41. The van der Waals surface area contributed by atoms with Crippen LogP contribution < -0.4 is 0 Å². The van der Waals surface area contributed by atoms with Crippen molar-refractivity contribution in [1.29, 1.82) is 0 Å². The van der Waals surface area contributed by atoms with E-state index in [1.54, 1.807) is 23.0 Å². The van der Waals surface area contributed by atoms with Crippen LogP contribution >= 0.6 is 0 Å². The first-order valence-corrected chi connectivity index (χ1v) is 114. The van der Waals surface area contributed by atoms with Crippen molar-refractivity contribution >= 4 is 175 Å². The van der Waals surface area contributed by atoms with Gasteiger partial charge in [-0.15, -0.1) is 0 Å². The number of hydrogen-bond donors (Lipinski definition) is 0. The summed E-state index contributed by atoms with van der Waals surface area (Å²) < 4.78 is 76.7. The zero-order valence-electron chi connectivity index (χ0n) is 93.2. The van der Waals surface area contributed by atoms with Crippen molar-refractivity contribution in [3.05, 3.63) is 0 Å². The Morgan fingerprint density at radius 3 is 0.748 bits per heavy atom. The summed E-state index contributed by atoms with van der Waals surface area (Å²) in [6.45, 7) is 142. The molecule has 7 atom stereocenters. The minimum atomic E-state index is -2.60. The molecular weight excluding hydrogens is 1810 g/mol. The van der Waals surface area contributed by atoms with Crippen molar-refractivity contribution in [3.63, 3.8) is 0 Å². The van der Waals surface area contributed by atoms with E-state index < -0.39 is 175 Å². The molecule has 119 heavy (non-hydrogen) atoms. The summed E-state index contributed by atoms with van der Waals surface area (Å²) in [4.78, 5) is 0. The molecule has 1 aliphatic rings. The summed E-state index contributed by atoms with van der Waals surface area (Å²) in [6.07, 6.45) is 10.1. The Bertz CT molecular complexity index is 2460. The lowest BCUT2D eigenvalue weighted by Crippen LogP contribution is -2.65. The number of rotatable bonds is 46. The molecule has 0 N–H and O–H groups in total. The van der Waals surface area contributed by atoms with E-state index in [9.17, 15) is 0 Å². The fraction of sp³-hybridized carbons (Fsp3) is 1.00. The quantitative estimate of drug-likeness (QED) is 0.0541. The zero-order valence-corrected chi connectivity index (χ0v) is 114. The predicted octanol–water partition coefficient (Wildman–Crippen LogP) is 34.4. The fourth-order valence-corrected chi connectivity index (χ4v) is 129. The predicted molar refractivity (Wildman–Crippen MR) is 598 cm³/mol. The van der Waals surface area contributed by atoms with E-state index in [-0.39, 0.29) is 0 Å². The van der Waals surface area contributed by atoms with Gasteiger partial charge in [-0.2, -0.15) is 0 Å². The topological polar surface area (TPSA) is 111 Å². The average molecular weight is 2040 g/mol. The first kappa shape index (κ1) is 134. The van der Waals surface area contributed by atoms with Crippen molar-refractivity contribution < 1.29 is 49.4 Å². The van der Waals surface area contributed by atoms with Crippen LogP contribution in [0.5, 0.6) is 0 Å². The molecule has 0 spiro atoms. The third-order valence-electron chi connectivity index (χ3n) is 19.4. The van der Waals surface area contributed by atoms with E-state index in [1.807, 2.05) is 0 Å². The Hall–Kier alpha value is 4.07. The van der Waals surface area contributed by atoms with Gasteiger partial charge in [0.05, 0.1) is 0 Å². The highest BCUT2D eigenvalue weighted by molar-refractivity contribution is 7.08. The van der Waals surface area contributed by atoms with Crippen LogP contribution in [0, 0.1) is 41.4 Å². The van der Waals surface area contributed by atoms with E-state index in [1.165, 1.54) is 63.1 Å². The van der Waals surface area contributed by atoms with Gasteiger partial charge in [0.15, 0.2) is 91.5 Å². The maximum absolute atomic E-state index is 6.65. The molecule has 0 saturated carbocycles. The molecule has 12 nitrogen and oxygen atoms in total. The fourth-order valence-electron chi connectivity index (χ4n) is 17.5. The molecule has 0 aliphatic carbocycles. The van der Waals surface area contributed by atoms with Crippen LogP contribution in [-0.2, 0) is 49.4 Å². The molecule has 7 unspecified atom stereocenters. The maximum atomic E-state index is 6.65. The first-order valence-electron chi connectivity index (χ1n) is 48.2. The molecule has 0 radical (unpaired) electrons. The molecule has 1 rings (SSSR count). The molecule has 0 amide bonds. The summed E-state index contributed by atoms with van der Waals surface area (Å²) in [5, 5.41) is 0. The van der Waals surface area contributed by atoms with Crippen LogP contribution in [0.4, 0.5) is 0 Å². The van der Waals surface area contributed by atoms with Gasteiger partial charge in [0.2, 0.25) is 0 Å². The smallest absolute Gasteiger partial charge is 0.456 e. The highest BCUT2D eigenvalue weighted by Gasteiger charge is 2.54. The number of hydrogen-bond acceptors (Lipinski definition) is 12. The minimum Gasteiger partial charge on any atom is -0.456 e. The zero-order chi connectivity index (χ0) is 96.8. The van der Waals surface area contributed by atoms with Crippen LogP contribution in [0.15, 0.2) is 0 Å². The van der Waals surface area contributed by atoms with Gasteiger partial charge in [0, 0.05) is 38.3 Å². The second-order valence-electron chi connectivity index (χ2n) is 52.6. The lowest BCUT2D eigenvalue weighted by molar-refractivity contribution is 0.227. The Morgan fingerprint density at radius 2 is 0.487 bits per heavy atom. The third-order valence-corrected chi connectivity index (χ3v) is 100. The second kappa shape index (κ2) is 54.6. The average Bonchev–Trinajstić information content (AvgIpc) is 0.774. The van der Waals surface area contributed by atoms with Crippen molar-refractivity contribution in [1.82, 2.24) is 0 Å². The molecular formula is C86H226O12Si21. The lowest BCUT2D eigenvalue weighted by atomic mass is 10.1. The van der Waals surface area contributed by atoms with Crippen LogP contribution in [-0.4, -0.2) is 175 Å². The summed E-state index contributed by atoms with van der Waals surface area (Å²) in [6, 6.07) is 8.71. The van der Waals surface area contributed by atoms with Gasteiger partial charge in [-0.05, 0) is 320 Å². The van der Waals surface area contributed by atoms with Crippen molar-refractivity contribution in [3.8, 4) is 0 Å². The van der Waals surface area contributed by atoms with E-state index in [2.05, 4.69) is 405 Å². The Balaban J connectivity index is -0.000000315. The standard InChI is InChI=1S/C17H44Si4.C14H38O3Si4.2C12H32O2Si3.C11H28OSi2.C10H26O3Si3.C10H26OSi2/c1-12-17(2)13-21(14-18(3,4)5,15-19(6,7)8)16-20(9,10)11;1-12-14(2)13-21(15-18(3,4)5,16-19(6,7)8)17-20(9,10)11;1-10-12(2)11-16(6,7)14-17(8,9)13-15(3,4)5;1-10-12(2)11-17(9,13-15(3,4)5)14-16(6,7)8;1-8-11(2)9-10-14(6,7)12-13(3,4)5;1-8-10(2)9-16(7)12-14(3,4)11-15(5,6)13-16;1-8-10(2)9-13(6,7)11-12(3,4)5/h17H,12-16H2,1-11H3;14H,12-13H2,1-11H3;2*12H,10-11H2,1-9H3;11H,8-10H2,1-7H3;10H,8-9H2,1-7H3;10H,8-9H2,1-7H3. The van der Waals surface area contributed by atoms with Gasteiger partial charge in [0.25, 0.3) is 0 Å². The Kier molecular flexibility index (Phi) is 61.4. The van der Waals surface area contributed by atoms with Crippen LogP contribution in [0.25, 0.3) is 0 Å². The Labute approximate surface area is 774 Å². The largest absolute Gasteiger partial charge is 0.469 e. The van der Waals surface area contributed by atoms with Crippen molar-refractivity contribution in [2.45, 2.75) is 515 Å². The monoisotopic (exact) mass is 2040 g/mol. The van der Waals surface area contributed by atoms with Crippen LogP contribution in [0.3, 0.4) is 0 Å². The van der Waals surface area contributed by atoms with Gasteiger partial charge >= 0.3 is 51.6 Å².